The number of oxazole rings is 1. The highest BCUT2D eigenvalue weighted by Gasteiger charge is 2.03. The molecule has 0 aliphatic heterocycles. The van der Waals surface area contributed by atoms with Crippen molar-refractivity contribution in [1.29, 1.82) is 0 Å². The molecule has 0 saturated heterocycles. The minimum absolute atomic E-state index is 0.550. The molecule has 15 heavy (non-hydrogen) atoms. The van der Waals surface area contributed by atoms with Crippen molar-refractivity contribution in [2.45, 2.75) is 5.22 Å². The van der Waals surface area contributed by atoms with Crippen LogP contribution >= 0.6 is 23.4 Å². The number of hydrogen-bond acceptors (Lipinski definition) is 3. The quantitative estimate of drug-likeness (QED) is 0.462. The van der Waals surface area contributed by atoms with Gasteiger partial charge in [0.2, 0.25) is 0 Å². The minimum atomic E-state index is 0.550. The van der Waals surface area contributed by atoms with Gasteiger partial charge in [0, 0.05) is 11.6 Å². The van der Waals surface area contributed by atoms with Crippen LogP contribution in [0.4, 0.5) is 0 Å². The Hall–Kier alpha value is -0.930. The molecule has 1 aromatic heterocycles. The van der Waals surface area contributed by atoms with Crippen molar-refractivity contribution in [2.24, 2.45) is 0 Å². The highest BCUT2D eigenvalue weighted by molar-refractivity contribution is 7.99. The highest BCUT2D eigenvalue weighted by atomic mass is 35.5. The molecule has 0 saturated carbocycles. The molecule has 2 rings (SSSR count). The highest BCUT2D eigenvalue weighted by Crippen LogP contribution is 2.22. The van der Waals surface area contributed by atoms with Gasteiger partial charge in [-0.05, 0) is 12.1 Å². The van der Waals surface area contributed by atoms with Crippen LogP contribution in [-0.4, -0.2) is 16.6 Å². The monoisotopic (exact) mass is 239 g/mol. The minimum Gasteiger partial charge on any atom is -0.431 e. The fourth-order valence-electron chi connectivity index (χ4n) is 1.16. The van der Waals surface area contributed by atoms with Crippen molar-refractivity contribution in [3.63, 3.8) is 0 Å². The molecule has 0 spiro atoms. The summed E-state index contributed by atoms with van der Waals surface area (Å²) in [6, 6.07) is 7.75. The zero-order valence-corrected chi connectivity index (χ0v) is 9.59. The van der Waals surface area contributed by atoms with E-state index in [4.69, 9.17) is 16.0 Å². The normalized spacial score (nSPS) is 11.5. The third kappa shape index (κ3) is 2.76. The van der Waals surface area contributed by atoms with Crippen LogP contribution in [0.25, 0.3) is 11.1 Å². The first-order valence-electron chi connectivity index (χ1n) is 4.59. The standard InChI is InChI=1S/C11H10ClNOS/c12-7-3-4-8-15-11-13-9-5-1-2-6-10(9)14-11/h1-6H,7-8H2. The number of alkyl halides is 1. The molecule has 0 N–H and O–H groups in total. The van der Waals surface area contributed by atoms with E-state index in [1.165, 1.54) is 0 Å². The number of aromatic nitrogens is 1. The molecule has 0 unspecified atom stereocenters. The first-order chi connectivity index (χ1) is 7.40. The van der Waals surface area contributed by atoms with Crippen LogP contribution in [0.2, 0.25) is 0 Å². The Morgan fingerprint density at radius 1 is 1.33 bits per heavy atom. The van der Waals surface area contributed by atoms with Gasteiger partial charge in [0.25, 0.3) is 5.22 Å². The second-order valence-electron chi connectivity index (χ2n) is 2.88. The van der Waals surface area contributed by atoms with Crippen LogP contribution in [0.15, 0.2) is 46.1 Å². The first kappa shape index (κ1) is 10.6. The fraction of sp³-hybridized carbons (Fsp3) is 0.182. The van der Waals surface area contributed by atoms with Crippen molar-refractivity contribution in [3.8, 4) is 0 Å². The van der Waals surface area contributed by atoms with Crippen LogP contribution in [0, 0.1) is 0 Å². The summed E-state index contributed by atoms with van der Waals surface area (Å²) in [4.78, 5) is 4.34. The number of fused-ring (bicyclic) bond motifs is 1. The van der Waals surface area contributed by atoms with E-state index in [9.17, 15) is 0 Å². The Labute approximate surface area is 97.3 Å². The van der Waals surface area contributed by atoms with Gasteiger partial charge in [0.1, 0.15) is 5.52 Å². The molecular weight excluding hydrogens is 230 g/mol. The molecule has 0 radical (unpaired) electrons. The lowest BCUT2D eigenvalue weighted by Gasteiger charge is -1.87. The number of benzene rings is 1. The summed E-state index contributed by atoms with van der Waals surface area (Å²) in [7, 11) is 0. The fourth-order valence-corrected chi connectivity index (χ4v) is 1.98. The van der Waals surface area contributed by atoms with Crippen LogP contribution in [0.3, 0.4) is 0 Å². The molecule has 4 heteroatoms. The van der Waals surface area contributed by atoms with Gasteiger partial charge in [-0.1, -0.05) is 36.0 Å². The lowest BCUT2D eigenvalue weighted by atomic mass is 10.3. The predicted octanol–water partition coefficient (Wildman–Crippen LogP) is 3.71. The van der Waals surface area contributed by atoms with Crippen molar-refractivity contribution < 1.29 is 4.42 Å². The SMILES string of the molecule is ClCC=CCSc1nc2ccccc2o1. The van der Waals surface area contributed by atoms with E-state index < -0.39 is 0 Å². The van der Waals surface area contributed by atoms with Gasteiger partial charge in [-0.15, -0.1) is 11.6 Å². The Balaban J connectivity index is 2.05. The summed E-state index contributed by atoms with van der Waals surface area (Å²) in [5, 5.41) is 0.704. The largest absolute Gasteiger partial charge is 0.431 e. The van der Waals surface area contributed by atoms with Gasteiger partial charge >= 0.3 is 0 Å². The molecule has 1 heterocycles. The summed E-state index contributed by atoms with van der Waals surface area (Å²) >= 11 is 7.08. The molecular formula is C11H10ClNOS. The number of thioether (sulfide) groups is 1. The zero-order valence-electron chi connectivity index (χ0n) is 8.02. The number of rotatable bonds is 4. The number of nitrogens with zero attached hydrogens (tertiary/aromatic N) is 1. The van der Waals surface area contributed by atoms with E-state index in [-0.39, 0.29) is 0 Å². The zero-order chi connectivity index (χ0) is 10.5. The third-order valence-electron chi connectivity index (χ3n) is 1.83. The maximum atomic E-state index is 5.53. The number of hydrogen-bond donors (Lipinski definition) is 0. The summed E-state index contributed by atoms with van der Waals surface area (Å²) in [6.07, 6.45) is 3.92. The third-order valence-corrected chi connectivity index (χ3v) is 2.79. The Morgan fingerprint density at radius 2 is 2.20 bits per heavy atom. The molecule has 0 bridgehead atoms. The lowest BCUT2D eigenvalue weighted by molar-refractivity contribution is 0.490. The van der Waals surface area contributed by atoms with Crippen molar-refractivity contribution in [3.05, 3.63) is 36.4 Å². The van der Waals surface area contributed by atoms with E-state index in [2.05, 4.69) is 4.98 Å². The Morgan fingerprint density at radius 3 is 3.00 bits per heavy atom. The predicted molar refractivity (Wildman–Crippen MR) is 64.6 cm³/mol. The smallest absolute Gasteiger partial charge is 0.257 e. The summed E-state index contributed by atoms with van der Waals surface area (Å²) in [6.45, 7) is 0. The second kappa shape index (κ2) is 5.24. The molecule has 0 aliphatic carbocycles. The van der Waals surface area contributed by atoms with Crippen molar-refractivity contribution in [2.75, 3.05) is 11.6 Å². The molecule has 0 atom stereocenters. The molecule has 0 amide bonds. The van der Waals surface area contributed by atoms with Crippen molar-refractivity contribution >= 4 is 34.5 Å². The van der Waals surface area contributed by atoms with Crippen LogP contribution in [0.1, 0.15) is 0 Å². The second-order valence-corrected chi connectivity index (χ2v) is 4.16. The van der Waals surface area contributed by atoms with E-state index in [0.29, 0.717) is 11.1 Å². The lowest BCUT2D eigenvalue weighted by Crippen LogP contribution is -1.73. The molecule has 0 aliphatic rings. The maximum absolute atomic E-state index is 5.53. The Bertz CT molecular complexity index is 433. The maximum Gasteiger partial charge on any atom is 0.257 e. The van der Waals surface area contributed by atoms with E-state index in [1.807, 2.05) is 36.4 Å². The van der Waals surface area contributed by atoms with E-state index >= 15 is 0 Å². The number of halogens is 1. The van der Waals surface area contributed by atoms with Gasteiger partial charge in [-0.2, -0.15) is 0 Å². The molecule has 2 nitrogen and oxygen atoms in total. The summed E-state index contributed by atoms with van der Waals surface area (Å²) in [5.41, 5.74) is 1.74. The topological polar surface area (TPSA) is 26.0 Å². The van der Waals surface area contributed by atoms with Gasteiger partial charge in [0.15, 0.2) is 5.58 Å². The van der Waals surface area contributed by atoms with Crippen LogP contribution in [-0.2, 0) is 0 Å². The summed E-state index contributed by atoms with van der Waals surface area (Å²) < 4.78 is 5.53. The molecule has 78 valence electrons. The average Bonchev–Trinajstić information content (AvgIpc) is 2.67. The van der Waals surface area contributed by atoms with Crippen molar-refractivity contribution in [1.82, 2.24) is 4.98 Å². The van der Waals surface area contributed by atoms with Crippen LogP contribution < -0.4 is 0 Å². The van der Waals surface area contributed by atoms with Gasteiger partial charge < -0.3 is 4.42 Å². The first-order valence-corrected chi connectivity index (χ1v) is 6.11. The van der Waals surface area contributed by atoms with Gasteiger partial charge in [0.05, 0.1) is 0 Å². The molecule has 2 aromatic rings. The van der Waals surface area contributed by atoms with E-state index in [0.717, 1.165) is 16.9 Å². The van der Waals surface area contributed by atoms with Gasteiger partial charge in [-0.3, -0.25) is 0 Å². The number of allylic oxidation sites excluding steroid dienone is 1. The summed E-state index contributed by atoms with van der Waals surface area (Å²) in [5.74, 6) is 1.38. The average molecular weight is 240 g/mol. The molecule has 1 aromatic carbocycles. The molecule has 0 fully saturated rings. The van der Waals surface area contributed by atoms with Crippen LogP contribution in [0.5, 0.6) is 0 Å². The Kier molecular flexibility index (Phi) is 3.69. The van der Waals surface area contributed by atoms with E-state index in [1.54, 1.807) is 11.8 Å². The van der Waals surface area contributed by atoms with Gasteiger partial charge in [-0.25, -0.2) is 4.98 Å². The number of para-hydroxylation sites is 2.